The van der Waals surface area contributed by atoms with Gasteiger partial charge in [0.1, 0.15) is 18.5 Å². The third-order valence-corrected chi connectivity index (χ3v) is 3.47. The van der Waals surface area contributed by atoms with Gasteiger partial charge >= 0.3 is 0 Å². The van der Waals surface area contributed by atoms with Crippen molar-refractivity contribution >= 4 is 41.0 Å². The van der Waals surface area contributed by atoms with Crippen molar-refractivity contribution in [2.24, 2.45) is 20.0 Å². The Morgan fingerprint density at radius 2 is 1.81 bits per heavy atom. The van der Waals surface area contributed by atoms with E-state index in [0.29, 0.717) is 11.5 Å². The average molecular weight is 303 g/mol. The number of nitrogens with zero attached hydrogens (tertiary/aromatic N) is 5. The van der Waals surface area contributed by atoms with Crippen LogP contribution >= 0.6 is 11.6 Å². The molecule has 0 saturated heterocycles. The Hall–Kier alpha value is -2.08. The molecule has 108 valence electrons. The lowest BCUT2D eigenvalue weighted by molar-refractivity contribution is 0.568. The Morgan fingerprint density at radius 1 is 1.10 bits per heavy atom. The zero-order valence-electron chi connectivity index (χ0n) is 12.0. The van der Waals surface area contributed by atoms with E-state index >= 15 is 0 Å². The number of hydrogen-bond acceptors (Lipinski definition) is 6. The highest BCUT2D eigenvalue weighted by atomic mass is 35.5. The topological polar surface area (TPSA) is 74.4 Å². The van der Waals surface area contributed by atoms with Crippen LogP contribution in [-0.4, -0.2) is 34.3 Å². The minimum atomic E-state index is -1.05. The smallest absolute Gasteiger partial charge is 0.277 e. The molecule has 0 saturated carbocycles. The quantitative estimate of drug-likeness (QED) is 0.912. The monoisotopic (exact) mass is 302 g/mol. The highest BCUT2D eigenvalue weighted by molar-refractivity contribution is 6.86. The number of nitrogens with one attached hydrogen (secondary N) is 1. The van der Waals surface area contributed by atoms with Crippen LogP contribution in [0.5, 0.6) is 0 Å². The molecule has 1 aromatic rings. The average Bonchev–Trinajstić information content (AvgIpc) is 2.83. The second kappa shape index (κ2) is 4.73. The number of pyridine rings is 1. The fraction of sp³-hybridized carbons (Fsp3) is 0.357. The van der Waals surface area contributed by atoms with Crippen molar-refractivity contribution < 1.29 is 0 Å². The molecule has 1 atom stereocenters. The molecule has 6 nitrogen and oxygen atoms in total. The second-order valence-corrected chi connectivity index (χ2v) is 6.20. The fourth-order valence-corrected chi connectivity index (χ4v) is 2.29. The van der Waals surface area contributed by atoms with Gasteiger partial charge in [0.25, 0.3) is 5.79 Å². The summed E-state index contributed by atoms with van der Waals surface area (Å²) in [6.07, 6.45) is 2.81. The van der Waals surface area contributed by atoms with Gasteiger partial charge in [-0.3, -0.25) is 0 Å². The molecule has 7 heteroatoms. The maximum atomic E-state index is 6.06. The van der Waals surface area contributed by atoms with E-state index in [9.17, 15) is 0 Å². The van der Waals surface area contributed by atoms with E-state index in [1.807, 2.05) is 18.2 Å². The lowest BCUT2D eigenvalue weighted by atomic mass is 9.92. The molecule has 21 heavy (non-hydrogen) atoms. The first kappa shape index (κ1) is 13.9. The Labute approximate surface area is 127 Å². The molecule has 0 radical (unpaired) electrons. The maximum Gasteiger partial charge on any atom is 0.277 e. The maximum absolute atomic E-state index is 6.06. The zero-order chi connectivity index (χ0) is 15.1. The van der Waals surface area contributed by atoms with Crippen LogP contribution in [0.2, 0.25) is 0 Å². The largest absolute Gasteiger partial charge is 0.322 e. The van der Waals surface area contributed by atoms with Crippen LogP contribution in [0.3, 0.4) is 0 Å². The summed E-state index contributed by atoms with van der Waals surface area (Å²) < 4.78 is 0. The van der Waals surface area contributed by atoms with Gasteiger partial charge in [0, 0.05) is 11.1 Å². The first-order chi connectivity index (χ1) is 9.91. The van der Waals surface area contributed by atoms with Gasteiger partial charge in [-0.05, 0) is 12.1 Å². The van der Waals surface area contributed by atoms with Crippen LogP contribution in [0.25, 0.3) is 0 Å². The summed E-state index contributed by atoms with van der Waals surface area (Å²) in [5.41, 5.74) is 1.42. The Balaban J connectivity index is 1.94. The van der Waals surface area contributed by atoms with Gasteiger partial charge in [0.2, 0.25) is 0 Å². The van der Waals surface area contributed by atoms with E-state index in [1.54, 1.807) is 0 Å². The van der Waals surface area contributed by atoms with E-state index < -0.39 is 5.79 Å². The first-order valence-corrected chi connectivity index (χ1v) is 6.94. The lowest BCUT2D eigenvalue weighted by Crippen LogP contribution is -2.45. The van der Waals surface area contributed by atoms with Gasteiger partial charge in [0.15, 0.2) is 10.9 Å². The molecule has 0 amide bonds. The number of halogens is 1. The molecule has 3 heterocycles. The number of anilines is 1. The molecule has 1 N–H and O–H groups in total. The van der Waals surface area contributed by atoms with Crippen LogP contribution in [-0.2, 0) is 5.41 Å². The summed E-state index contributed by atoms with van der Waals surface area (Å²) in [7, 11) is 0. The summed E-state index contributed by atoms with van der Waals surface area (Å²) in [5.74, 6) is -0.389. The predicted molar refractivity (Wildman–Crippen MR) is 87.0 cm³/mol. The van der Waals surface area contributed by atoms with Crippen LogP contribution in [0.4, 0.5) is 5.82 Å². The van der Waals surface area contributed by atoms with Crippen molar-refractivity contribution in [2.75, 3.05) is 5.32 Å². The minimum absolute atomic E-state index is 0.0415. The molecular formula is C14H15ClN6. The SMILES string of the molecule is CC(C)(C)c1cccc(NC23N=CN=C(Cl)C2=NC=N3)n1. The molecule has 0 aliphatic carbocycles. The van der Waals surface area contributed by atoms with E-state index in [4.69, 9.17) is 11.6 Å². The Kier molecular flexibility index (Phi) is 3.13. The van der Waals surface area contributed by atoms with Crippen LogP contribution in [0.1, 0.15) is 26.5 Å². The molecule has 2 aliphatic heterocycles. The van der Waals surface area contributed by atoms with E-state index in [1.165, 1.54) is 12.7 Å². The van der Waals surface area contributed by atoms with E-state index in [0.717, 1.165) is 5.69 Å². The van der Waals surface area contributed by atoms with Gasteiger partial charge < -0.3 is 5.32 Å². The van der Waals surface area contributed by atoms with Crippen molar-refractivity contribution in [1.82, 2.24) is 4.98 Å². The van der Waals surface area contributed by atoms with Gasteiger partial charge in [-0.1, -0.05) is 38.4 Å². The van der Waals surface area contributed by atoms with Gasteiger partial charge in [-0.25, -0.2) is 25.0 Å². The van der Waals surface area contributed by atoms with E-state index in [2.05, 4.69) is 51.0 Å². The highest BCUT2D eigenvalue weighted by Gasteiger charge is 2.42. The summed E-state index contributed by atoms with van der Waals surface area (Å²) >= 11 is 6.06. The van der Waals surface area contributed by atoms with Crippen LogP contribution in [0, 0.1) is 0 Å². The number of rotatable bonds is 2. The molecule has 0 bridgehead atoms. The Morgan fingerprint density at radius 3 is 2.52 bits per heavy atom. The van der Waals surface area contributed by atoms with Crippen LogP contribution < -0.4 is 5.32 Å². The third kappa shape index (κ3) is 2.47. The second-order valence-electron chi connectivity index (χ2n) is 5.84. The summed E-state index contributed by atoms with van der Waals surface area (Å²) in [4.78, 5) is 21.3. The molecular weight excluding hydrogens is 288 g/mol. The molecule has 3 rings (SSSR count). The standard InChI is InChI=1S/C14H15ClN6/c1-13(2,3)9-5-4-6-10(20-9)21-14-11(16-7-18-14)12(15)17-8-19-14/h4-8H,1-3H3,(H,20,21). The number of hydrogen-bond donors (Lipinski definition) is 1. The minimum Gasteiger partial charge on any atom is -0.322 e. The molecule has 1 unspecified atom stereocenters. The number of aliphatic imine (C=N–C) groups is 4. The highest BCUT2D eigenvalue weighted by Crippen LogP contribution is 2.27. The van der Waals surface area contributed by atoms with Crippen molar-refractivity contribution in [3.8, 4) is 0 Å². The molecule has 2 aliphatic rings. The van der Waals surface area contributed by atoms with Gasteiger partial charge in [0.05, 0.1) is 0 Å². The van der Waals surface area contributed by atoms with Gasteiger partial charge in [-0.2, -0.15) is 0 Å². The summed E-state index contributed by atoms with van der Waals surface area (Å²) in [5, 5.41) is 3.48. The van der Waals surface area contributed by atoms with E-state index in [-0.39, 0.29) is 10.6 Å². The Bertz CT molecular complexity index is 698. The normalized spacial score (nSPS) is 23.6. The lowest BCUT2D eigenvalue weighted by Gasteiger charge is -2.27. The van der Waals surface area contributed by atoms with Gasteiger partial charge in [-0.15, -0.1) is 0 Å². The zero-order valence-corrected chi connectivity index (χ0v) is 12.8. The van der Waals surface area contributed by atoms with Crippen molar-refractivity contribution in [3.05, 3.63) is 23.9 Å². The molecule has 0 fully saturated rings. The van der Waals surface area contributed by atoms with Crippen molar-refractivity contribution in [1.29, 1.82) is 0 Å². The first-order valence-electron chi connectivity index (χ1n) is 6.56. The summed E-state index contributed by atoms with van der Waals surface area (Å²) in [6, 6.07) is 5.81. The molecule has 0 aromatic carbocycles. The van der Waals surface area contributed by atoms with Crippen molar-refractivity contribution in [2.45, 2.75) is 32.0 Å². The fourth-order valence-electron chi connectivity index (χ4n) is 2.06. The predicted octanol–water partition coefficient (Wildman–Crippen LogP) is 2.61. The van der Waals surface area contributed by atoms with Crippen LogP contribution in [0.15, 0.2) is 38.2 Å². The van der Waals surface area contributed by atoms with Crippen molar-refractivity contribution in [3.63, 3.8) is 0 Å². The third-order valence-electron chi connectivity index (χ3n) is 3.19. The molecule has 0 spiro atoms. The number of fused-ring (bicyclic) bond motifs is 1. The number of aromatic nitrogens is 1. The summed E-state index contributed by atoms with van der Waals surface area (Å²) in [6.45, 7) is 6.33. The molecule has 1 aromatic heterocycles.